The smallest absolute Gasteiger partial charge is 0.169 e. The molecule has 2 rings (SSSR count). The summed E-state index contributed by atoms with van der Waals surface area (Å²) in [6.07, 6.45) is 0.717. The second-order valence-electron chi connectivity index (χ2n) is 3.09. The standard InChI is InChI=1S/C11H8FNOS/c1-7-10(6-14)13-11(15-7)8-3-2-4-9(12)5-8/h2-6H,1H3. The largest absolute Gasteiger partial charge is 0.296 e. The number of nitrogens with zero attached hydrogens (tertiary/aromatic N) is 1. The van der Waals surface area contributed by atoms with Crippen molar-refractivity contribution in [3.05, 3.63) is 40.7 Å². The van der Waals surface area contributed by atoms with Crippen LogP contribution in [0.5, 0.6) is 0 Å². The Bertz CT molecular complexity index is 507. The van der Waals surface area contributed by atoms with E-state index in [-0.39, 0.29) is 5.82 Å². The molecule has 2 aromatic rings. The van der Waals surface area contributed by atoms with Gasteiger partial charge in [0.15, 0.2) is 6.29 Å². The number of thiazole rings is 1. The summed E-state index contributed by atoms with van der Waals surface area (Å²) in [4.78, 5) is 15.6. The van der Waals surface area contributed by atoms with Crippen molar-refractivity contribution in [3.63, 3.8) is 0 Å². The van der Waals surface area contributed by atoms with Gasteiger partial charge in [-0.1, -0.05) is 12.1 Å². The summed E-state index contributed by atoms with van der Waals surface area (Å²) < 4.78 is 12.9. The molecule has 0 N–H and O–H groups in total. The van der Waals surface area contributed by atoms with Gasteiger partial charge in [-0.2, -0.15) is 0 Å². The maximum Gasteiger partial charge on any atom is 0.169 e. The molecule has 15 heavy (non-hydrogen) atoms. The minimum atomic E-state index is -0.298. The van der Waals surface area contributed by atoms with Crippen LogP contribution in [-0.2, 0) is 0 Å². The normalized spacial score (nSPS) is 10.3. The number of hydrogen-bond acceptors (Lipinski definition) is 3. The summed E-state index contributed by atoms with van der Waals surface area (Å²) >= 11 is 1.39. The van der Waals surface area contributed by atoms with Crippen molar-refractivity contribution in [2.75, 3.05) is 0 Å². The first kappa shape index (κ1) is 9.98. The summed E-state index contributed by atoms with van der Waals surface area (Å²) in [6.45, 7) is 1.82. The lowest BCUT2D eigenvalue weighted by Crippen LogP contribution is -1.83. The Balaban J connectivity index is 2.49. The Morgan fingerprint density at radius 3 is 2.87 bits per heavy atom. The highest BCUT2D eigenvalue weighted by atomic mass is 32.1. The third kappa shape index (κ3) is 1.94. The zero-order chi connectivity index (χ0) is 10.8. The molecule has 0 aliphatic carbocycles. The van der Waals surface area contributed by atoms with Crippen LogP contribution in [0.3, 0.4) is 0 Å². The quantitative estimate of drug-likeness (QED) is 0.729. The number of halogens is 1. The fraction of sp³-hybridized carbons (Fsp3) is 0.0909. The molecule has 0 unspecified atom stereocenters. The molecule has 0 radical (unpaired) electrons. The number of rotatable bonds is 2. The lowest BCUT2D eigenvalue weighted by atomic mass is 10.2. The van der Waals surface area contributed by atoms with Gasteiger partial charge in [0.05, 0.1) is 0 Å². The molecule has 0 saturated carbocycles. The van der Waals surface area contributed by atoms with E-state index in [0.29, 0.717) is 22.6 Å². The molecular formula is C11H8FNOS. The molecule has 76 valence electrons. The van der Waals surface area contributed by atoms with E-state index in [0.717, 1.165) is 4.88 Å². The Kier molecular flexibility index (Phi) is 2.60. The molecule has 0 spiro atoms. The van der Waals surface area contributed by atoms with Crippen molar-refractivity contribution in [2.24, 2.45) is 0 Å². The Hall–Kier alpha value is -1.55. The third-order valence-corrected chi connectivity index (χ3v) is 3.05. The zero-order valence-corrected chi connectivity index (χ0v) is 8.84. The zero-order valence-electron chi connectivity index (χ0n) is 8.03. The SMILES string of the molecule is Cc1sc(-c2cccc(F)c2)nc1C=O. The molecule has 0 atom stereocenters. The summed E-state index contributed by atoms with van der Waals surface area (Å²) in [5.41, 5.74) is 1.13. The molecular weight excluding hydrogens is 213 g/mol. The van der Waals surface area contributed by atoms with Crippen LogP contribution in [0.15, 0.2) is 24.3 Å². The van der Waals surface area contributed by atoms with Crippen LogP contribution < -0.4 is 0 Å². The molecule has 1 heterocycles. The van der Waals surface area contributed by atoms with Gasteiger partial charge in [0, 0.05) is 10.4 Å². The van der Waals surface area contributed by atoms with E-state index < -0.39 is 0 Å². The van der Waals surface area contributed by atoms with E-state index in [1.807, 2.05) is 6.92 Å². The van der Waals surface area contributed by atoms with Crippen LogP contribution in [-0.4, -0.2) is 11.3 Å². The van der Waals surface area contributed by atoms with E-state index in [4.69, 9.17) is 0 Å². The van der Waals surface area contributed by atoms with Gasteiger partial charge in [-0.15, -0.1) is 11.3 Å². The predicted octanol–water partition coefficient (Wildman–Crippen LogP) is 3.07. The minimum Gasteiger partial charge on any atom is -0.296 e. The highest BCUT2D eigenvalue weighted by molar-refractivity contribution is 7.15. The molecule has 0 bridgehead atoms. The van der Waals surface area contributed by atoms with Gasteiger partial charge in [0.25, 0.3) is 0 Å². The molecule has 1 aromatic carbocycles. The van der Waals surface area contributed by atoms with E-state index in [1.165, 1.54) is 23.5 Å². The topological polar surface area (TPSA) is 30.0 Å². The van der Waals surface area contributed by atoms with Crippen LogP contribution in [0, 0.1) is 12.7 Å². The average molecular weight is 221 g/mol. The van der Waals surface area contributed by atoms with Crippen LogP contribution in [0.4, 0.5) is 4.39 Å². The van der Waals surface area contributed by atoms with Gasteiger partial charge in [0.1, 0.15) is 16.5 Å². The van der Waals surface area contributed by atoms with Crippen molar-refractivity contribution in [3.8, 4) is 10.6 Å². The van der Waals surface area contributed by atoms with Gasteiger partial charge in [-0.3, -0.25) is 4.79 Å². The minimum absolute atomic E-state index is 0.298. The molecule has 1 aromatic heterocycles. The van der Waals surface area contributed by atoms with E-state index in [2.05, 4.69) is 4.98 Å². The van der Waals surface area contributed by atoms with Gasteiger partial charge in [-0.25, -0.2) is 9.37 Å². The van der Waals surface area contributed by atoms with Crippen LogP contribution >= 0.6 is 11.3 Å². The summed E-state index contributed by atoms with van der Waals surface area (Å²) in [5.74, 6) is -0.298. The fourth-order valence-electron chi connectivity index (χ4n) is 1.26. The fourth-order valence-corrected chi connectivity index (χ4v) is 2.14. The summed E-state index contributed by atoms with van der Waals surface area (Å²) in [6, 6.07) is 6.19. The molecule has 0 saturated heterocycles. The van der Waals surface area contributed by atoms with Crippen molar-refractivity contribution >= 4 is 17.6 Å². The first-order valence-corrected chi connectivity index (χ1v) is 5.21. The van der Waals surface area contributed by atoms with Gasteiger partial charge >= 0.3 is 0 Å². The Morgan fingerprint density at radius 1 is 1.47 bits per heavy atom. The summed E-state index contributed by atoms with van der Waals surface area (Å²) in [7, 11) is 0. The molecule has 2 nitrogen and oxygen atoms in total. The van der Waals surface area contributed by atoms with E-state index >= 15 is 0 Å². The second kappa shape index (κ2) is 3.90. The number of aryl methyl sites for hydroxylation is 1. The van der Waals surface area contributed by atoms with Gasteiger partial charge in [0.2, 0.25) is 0 Å². The van der Waals surface area contributed by atoms with E-state index in [9.17, 15) is 9.18 Å². The van der Waals surface area contributed by atoms with Crippen LogP contribution in [0.1, 0.15) is 15.4 Å². The number of aldehydes is 1. The number of aromatic nitrogens is 1. The number of carbonyl (C=O) groups excluding carboxylic acids is 1. The maximum atomic E-state index is 12.9. The monoisotopic (exact) mass is 221 g/mol. The lowest BCUT2D eigenvalue weighted by molar-refractivity contribution is 0.111. The Labute approximate surface area is 90.4 Å². The predicted molar refractivity (Wildman–Crippen MR) is 57.6 cm³/mol. The van der Waals surface area contributed by atoms with Gasteiger partial charge < -0.3 is 0 Å². The first-order valence-electron chi connectivity index (χ1n) is 4.39. The van der Waals surface area contributed by atoms with Crippen molar-refractivity contribution < 1.29 is 9.18 Å². The molecule has 0 aliphatic rings. The van der Waals surface area contributed by atoms with Crippen LogP contribution in [0.25, 0.3) is 10.6 Å². The highest BCUT2D eigenvalue weighted by Gasteiger charge is 2.08. The third-order valence-electron chi connectivity index (χ3n) is 2.02. The number of hydrogen-bond donors (Lipinski definition) is 0. The molecule has 0 amide bonds. The second-order valence-corrected chi connectivity index (χ2v) is 4.29. The maximum absolute atomic E-state index is 12.9. The van der Waals surface area contributed by atoms with Crippen molar-refractivity contribution in [2.45, 2.75) is 6.92 Å². The molecule has 0 aliphatic heterocycles. The van der Waals surface area contributed by atoms with Crippen molar-refractivity contribution in [1.29, 1.82) is 0 Å². The lowest BCUT2D eigenvalue weighted by Gasteiger charge is -1.94. The molecule has 0 fully saturated rings. The van der Waals surface area contributed by atoms with Crippen LogP contribution in [0.2, 0.25) is 0 Å². The highest BCUT2D eigenvalue weighted by Crippen LogP contribution is 2.27. The first-order chi connectivity index (χ1) is 7.20. The average Bonchev–Trinajstić information content (AvgIpc) is 2.60. The summed E-state index contributed by atoms with van der Waals surface area (Å²) in [5, 5.41) is 0.675. The van der Waals surface area contributed by atoms with Gasteiger partial charge in [-0.05, 0) is 19.1 Å². The Morgan fingerprint density at radius 2 is 2.27 bits per heavy atom. The number of carbonyl (C=O) groups is 1. The molecule has 4 heteroatoms. The van der Waals surface area contributed by atoms with E-state index in [1.54, 1.807) is 12.1 Å². The number of benzene rings is 1. The van der Waals surface area contributed by atoms with Crippen molar-refractivity contribution in [1.82, 2.24) is 4.98 Å².